The second-order valence-electron chi connectivity index (χ2n) is 8.58. The van der Waals surface area contributed by atoms with Crippen molar-refractivity contribution < 1.29 is 14.3 Å². The summed E-state index contributed by atoms with van der Waals surface area (Å²) >= 11 is 0. The van der Waals surface area contributed by atoms with E-state index < -0.39 is 5.82 Å². The Hall–Kier alpha value is -2.81. The zero-order chi connectivity index (χ0) is 20.9. The molecule has 158 valence electrons. The van der Waals surface area contributed by atoms with Gasteiger partial charge < -0.3 is 20.6 Å². The van der Waals surface area contributed by atoms with Gasteiger partial charge in [0.1, 0.15) is 0 Å². The fraction of sp³-hybridized carbons (Fsp3) is 0.524. The third kappa shape index (κ3) is 3.36. The molecular formula is C21H25FN6O2. The van der Waals surface area contributed by atoms with Gasteiger partial charge in [0.15, 0.2) is 11.6 Å². The number of anilines is 3. The maximum absolute atomic E-state index is 14.5. The number of aliphatic hydroxyl groups is 1. The second-order valence-corrected chi connectivity index (χ2v) is 8.58. The van der Waals surface area contributed by atoms with Crippen molar-refractivity contribution in [3.8, 4) is 0 Å². The lowest BCUT2D eigenvalue weighted by atomic mass is 10.2. The molecule has 30 heavy (non-hydrogen) atoms. The molecule has 1 saturated heterocycles. The van der Waals surface area contributed by atoms with E-state index in [1.165, 1.54) is 6.20 Å². The van der Waals surface area contributed by atoms with Gasteiger partial charge in [-0.05, 0) is 30.9 Å². The van der Waals surface area contributed by atoms with E-state index in [-0.39, 0.29) is 35.7 Å². The summed E-state index contributed by atoms with van der Waals surface area (Å²) in [4.78, 5) is 26.9. The number of halogens is 1. The number of aromatic nitrogens is 3. The number of amides is 1. The third-order valence-electron chi connectivity index (χ3n) is 6.62. The molecule has 3 fully saturated rings. The zero-order valence-electron chi connectivity index (χ0n) is 16.8. The summed E-state index contributed by atoms with van der Waals surface area (Å²) in [6.45, 7) is 3.41. The van der Waals surface area contributed by atoms with Crippen LogP contribution in [-0.2, 0) is 11.2 Å². The summed E-state index contributed by atoms with van der Waals surface area (Å²) in [6.07, 6.45) is 5.23. The molecular weight excluding hydrogens is 387 g/mol. The highest BCUT2D eigenvalue weighted by molar-refractivity contribution is 5.82. The van der Waals surface area contributed by atoms with Gasteiger partial charge in [-0.3, -0.25) is 9.78 Å². The fourth-order valence-corrected chi connectivity index (χ4v) is 4.54. The maximum Gasteiger partial charge on any atom is 0.229 e. The van der Waals surface area contributed by atoms with Crippen molar-refractivity contribution in [2.75, 3.05) is 29.9 Å². The Bertz CT molecular complexity index is 966. The van der Waals surface area contributed by atoms with Gasteiger partial charge in [0.2, 0.25) is 11.9 Å². The number of nitrogens with zero attached hydrogens (tertiary/aromatic N) is 4. The predicted octanol–water partition coefficient (Wildman–Crippen LogP) is 1.64. The van der Waals surface area contributed by atoms with E-state index in [4.69, 9.17) is 5.11 Å². The van der Waals surface area contributed by atoms with Crippen LogP contribution in [0.4, 0.5) is 21.8 Å². The fourth-order valence-electron chi connectivity index (χ4n) is 4.54. The molecule has 1 amide bonds. The average Bonchev–Trinajstić information content (AvgIpc) is 3.63. The van der Waals surface area contributed by atoms with E-state index in [0.717, 1.165) is 18.5 Å². The minimum absolute atomic E-state index is 0.0439. The zero-order valence-corrected chi connectivity index (χ0v) is 16.8. The van der Waals surface area contributed by atoms with Gasteiger partial charge in [-0.2, -0.15) is 4.98 Å². The van der Waals surface area contributed by atoms with Crippen molar-refractivity contribution in [1.82, 2.24) is 20.3 Å². The molecule has 2 aliphatic carbocycles. The molecule has 2 aromatic rings. The molecule has 2 aromatic heterocycles. The minimum atomic E-state index is -0.477. The molecule has 9 heteroatoms. The van der Waals surface area contributed by atoms with E-state index in [1.54, 1.807) is 6.20 Å². The molecule has 0 radical (unpaired) electrons. The van der Waals surface area contributed by atoms with Crippen LogP contribution in [0.3, 0.4) is 0 Å². The number of hydrogen-bond acceptors (Lipinski definition) is 7. The molecule has 0 spiro atoms. The van der Waals surface area contributed by atoms with Crippen molar-refractivity contribution in [3.63, 3.8) is 0 Å². The molecule has 0 aromatic carbocycles. The van der Waals surface area contributed by atoms with Crippen LogP contribution in [0.2, 0.25) is 0 Å². The largest absolute Gasteiger partial charge is 0.396 e. The summed E-state index contributed by atoms with van der Waals surface area (Å²) in [5.74, 6) is 1.05. The molecule has 0 unspecified atom stereocenters. The van der Waals surface area contributed by atoms with Gasteiger partial charge in [-0.1, -0.05) is 6.92 Å². The normalized spacial score (nSPS) is 27.0. The Morgan fingerprint density at radius 1 is 1.33 bits per heavy atom. The monoisotopic (exact) mass is 412 g/mol. The molecule has 5 rings (SSSR count). The molecule has 2 saturated carbocycles. The van der Waals surface area contributed by atoms with E-state index in [2.05, 4.69) is 32.5 Å². The van der Waals surface area contributed by atoms with E-state index >= 15 is 0 Å². The van der Waals surface area contributed by atoms with Crippen molar-refractivity contribution in [2.45, 2.75) is 31.7 Å². The molecule has 1 aliphatic heterocycles. The van der Waals surface area contributed by atoms with Gasteiger partial charge in [0.05, 0.1) is 23.6 Å². The SMILES string of the molecule is C[C@H]1[C@H]2CN(c3nc(Nc4ccc(CCO)nc4)ncc3F)C[C@@]21NC(=O)C1CC1. The molecule has 3 atom stereocenters. The number of rotatable bonds is 7. The van der Waals surface area contributed by atoms with Gasteiger partial charge in [0, 0.05) is 43.6 Å². The first-order valence-electron chi connectivity index (χ1n) is 10.4. The van der Waals surface area contributed by atoms with Crippen molar-refractivity contribution in [2.24, 2.45) is 17.8 Å². The van der Waals surface area contributed by atoms with Crippen LogP contribution in [0.15, 0.2) is 24.5 Å². The van der Waals surface area contributed by atoms with Gasteiger partial charge in [0.25, 0.3) is 0 Å². The Labute approximate surface area is 173 Å². The summed E-state index contributed by atoms with van der Waals surface area (Å²) in [5.41, 5.74) is 1.20. The number of piperidine rings is 1. The average molecular weight is 412 g/mol. The molecule has 8 nitrogen and oxygen atoms in total. The molecule has 3 N–H and O–H groups in total. The van der Waals surface area contributed by atoms with E-state index in [0.29, 0.717) is 37.0 Å². The molecule has 3 heterocycles. The first-order valence-corrected chi connectivity index (χ1v) is 10.4. The van der Waals surface area contributed by atoms with Crippen LogP contribution < -0.4 is 15.5 Å². The quantitative estimate of drug-likeness (QED) is 0.635. The minimum Gasteiger partial charge on any atom is -0.396 e. The maximum atomic E-state index is 14.5. The third-order valence-corrected chi connectivity index (χ3v) is 6.62. The summed E-state index contributed by atoms with van der Waals surface area (Å²) in [5, 5.41) is 15.3. The standard InChI is InChI=1S/C21H25FN6O2/c1-12-16-10-28(11-21(12,16)27-19(30)13-2-3-13)18-17(22)9-24-20(26-18)25-15-5-4-14(6-7-29)23-8-15/h4-5,8-9,12-13,16,29H,2-3,6-7,10-11H2,1H3,(H,27,30)(H,24,25,26)/t12-,16+,21-/m0/s1. The van der Waals surface area contributed by atoms with Gasteiger partial charge in [-0.15, -0.1) is 0 Å². The number of fused-ring (bicyclic) bond motifs is 1. The highest BCUT2D eigenvalue weighted by Gasteiger charge is 2.68. The smallest absolute Gasteiger partial charge is 0.229 e. The topological polar surface area (TPSA) is 103 Å². The Balaban J connectivity index is 1.30. The highest BCUT2D eigenvalue weighted by Crippen LogP contribution is 2.56. The first-order chi connectivity index (χ1) is 14.5. The lowest BCUT2D eigenvalue weighted by molar-refractivity contribution is -0.123. The number of nitrogens with one attached hydrogen (secondary N) is 2. The lowest BCUT2D eigenvalue weighted by Crippen LogP contribution is -2.45. The lowest BCUT2D eigenvalue weighted by Gasteiger charge is -2.25. The molecule has 0 bridgehead atoms. The summed E-state index contributed by atoms with van der Waals surface area (Å²) in [6, 6.07) is 3.63. The Kier molecular flexibility index (Phi) is 4.57. The Morgan fingerprint density at radius 2 is 2.17 bits per heavy atom. The van der Waals surface area contributed by atoms with Gasteiger partial charge >= 0.3 is 0 Å². The van der Waals surface area contributed by atoms with Crippen molar-refractivity contribution in [1.29, 1.82) is 0 Å². The van der Waals surface area contributed by atoms with Crippen LogP contribution in [0.1, 0.15) is 25.5 Å². The number of hydrogen-bond donors (Lipinski definition) is 3. The van der Waals surface area contributed by atoms with Crippen LogP contribution in [0, 0.1) is 23.6 Å². The summed E-state index contributed by atoms with van der Waals surface area (Å²) < 4.78 is 14.5. The van der Waals surface area contributed by atoms with Crippen LogP contribution in [0.5, 0.6) is 0 Å². The number of carbonyl (C=O) groups excluding carboxylic acids is 1. The predicted molar refractivity (Wildman–Crippen MR) is 109 cm³/mol. The van der Waals surface area contributed by atoms with E-state index in [1.807, 2.05) is 17.0 Å². The van der Waals surface area contributed by atoms with Crippen molar-refractivity contribution in [3.05, 3.63) is 36.0 Å². The second kappa shape index (κ2) is 7.16. The van der Waals surface area contributed by atoms with Crippen LogP contribution >= 0.6 is 0 Å². The van der Waals surface area contributed by atoms with Gasteiger partial charge in [-0.25, -0.2) is 9.37 Å². The summed E-state index contributed by atoms with van der Waals surface area (Å²) in [7, 11) is 0. The van der Waals surface area contributed by atoms with E-state index in [9.17, 15) is 9.18 Å². The number of aliphatic hydroxyl groups excluding tert-OH is 1. The van der Waals surface area contributed by atoms with Crippen molar-refractivity contribution >= 4 is 23.4 Å². The van der Waals surface area contributed by atoms with Crippen LogP contribution in [-0.4, -0.2) is 51.2 Å². The number of carbonyl (C=O) groups is 1. The Morgan fingerprint density at radius 3 is 2.87 bits per heavy atom. The molecule has 3 aliphatic rings. The first kappa shape index (κ1) is 19.2. The number of pyridine rings is 1. The van der Waals surface area contributed by atoms with Crippen LogP contribution in [0.25, 0.3) is 0 Å². The highest BCUT2D eigenvalue weighted by atomic mass is 19.1.